The van der Waals surface area contributed by atoms with Gasteiger partial charge in [0.05, 0.1) is 30.9 Å². The highest BCUT2D eigenvalue weighted by molar-refractivity contribution is 9.10. The van der Waals surface area contributed by atoms with Crippen LogP contribution in [0.4, 0.5) is 0 Å². The summed E-state index contributed by atoms with van der Waals surface area (Å²) in [5.74, 6) is -1.94. The van der Waals surface area contributed by atoms with Crippen LogP contribution in [-0.4, -0.2) is 73.3 Å². The zero-order valence-electron chi connectivity index (χ0n) is 18.5. The van der Waals surface area contributed by atoms with Gasteiger partial charge in [-0.05, 0) is 30.0 Å². The quantitative estimate of drug-likeness (QED) is 0.282. The number of hydrogen-bond acceptors (Lipinski definition) is 9. The van der Waals surface area contributed by atoms with E-state index < -0.39 is 58.1 Å². The van der Waals surface area contributed by atoms with Gasteiger partial charge in [0, 0.05) is 10.9 Å². The first kappa shape index (κ1) is 27.7. The molecule has 0 saturated carbocycles. The minimum atomic E-state index is -4.16. The number of sulfonamides is 1. The zero-order valence-corrected chi connectivity index (χ0v) is 20.9. The van der Waals surface area contributed by atoms with E-state index in [1.807, 2.05) is 18.6 Å². The lowest BCUT2D eigenvalue weighted by atomic mass is 10.0. The summed E-state index contributed by atoms with van der Waals surface area (Å²) in [7, 11) is -4.16. The van der Waals surface area contributed by atoms with E-state index in [1.165, 1.54) is 0 Å². The molecular weight excluding hydrogens is 520 g/mol. The van der Waals surface area contributed by atoms with E-state index >= 15 is 0 Å². The van der Waals surface area contributed by atoms with Crippen LogP contribution in [0.1, 0.15) is 32.3 Å². The molecular formula is C21H31BrN2O8S. The number of rotatable bonds is 11. The molecule has 1 aromatic carbocycles. The molecule has 5 N–H and O–H groups in total. The SMILES string of the molecule is CC(C)CC(N)C(=O)NS(=O)(=O)CC1OC(CCOC(=O)Cc2ccc(Br)cc2)C(O)C1O. The molecule has 5 unspecified atom stereocenters. The van der Waals surface area contributed by atoms with E-state index in [4.69, 9.17) is 15.2 Å². The van der Waals surface area contributed by atoms with E-state index in [2.05, 4.69) is 15.9 Å². The Bertz CT molecular complexity index is 909. The molecule has 0 aliphatic carbocycles. The molecule has 0 bridgehead atoms. The average molecular weight is 551 g/mol. The Hall–Kier alpha value is -1.57. The number of hydrogen-bond donors (Lipinski definition) is 4. The molecule has 1 heterocycles. The van der Waals surface area contributed by atoms with Gasteiger partial charge in [-0.3, -0.25) is 14.3 Å². The van der Waals surface area contributed by atoms with Crippen LogP contribution < -0.4 is 10.5 Å². The predicted octanol–water partition coefficient (Wildman–Crippen LogP) is 0.234. The summed E-state index contributed by atoms with van der Waals surface area (Å²) in [4.78, 5) is 24.0. The van der Waals surface area contributed by atoms with Crippen LogP contribution in [0.2, 0.25) is 0 Å². The molecule has 0 radical (unpaired) electrons. The third kappa shape index (κ3) is 8.95. The van der Waals surface area contributed by atoms with Gasteiger partial charge in [0.25, 0.3) is 0 Å². The van der Waals surface area contributed by atoms with Gasteiger partial charge < -0.3 is 25.4 Å². The second-order valence-electron chi connectivity index (χ2n) is 8.49. The molecule has 2 rings (SSSR count). The highest BCUT2D eigenvalue weighted by atomic mass is 79.9. The molecule has 5 atom stereocenters. The number of nitrogens with two attached hydrogens (primary N) is 1. The molecule has 12 heteroatoms. The fraction of sp³-hybridized carbons (Fsp3) is 0.619. The van der Waals surface area contributed by atoms with Gasteiger partial charge in [-0.2, -0.15) is 0 Å². The number of amides is 1. The molecule has 33 heavy (non-hydrogen) atoms. The number of carbonyl (C=O) groups is 2. The number of aliphatic hydroxyl groups is 2. The number of nitrogens with one attached hydrogen (secondary N) is 1. The third-order valence-electron chi connectivity index (χ3n) is 5.09. The van der Waals surface area contributed by atoms with Crippen molar-refractivity contribution in [3.63, 3.8) is 0 Å². The van der Waals surface area contributed by atoms with Gasteiger partial charge in [0.1, 0.15) is 18.3 Å². The fourth-order valence-electron chi connectivity index (χ4n) is 3.41. The largest absolute Gasteiger partial charge is 0.465 e. The first-order valence-electron chi connectivity index (χ1n) is 10.6. The van der Waals surface area contributed by atoms with Crippen molar-refractivity contribution in [3.8, 4) is 0 Å². The Balaban J connectivity index is 1.81. The lowest BCUT2D eigenvalue weighted by molar-refractivity contribution is -0.144. The maximum absolute atomic E-state index is 12.3. The van der Waals surface area contributed by atoms with Crippen molar-refractivity contribution in [2.45, 2.75) is 63.6 Å². The van der Waals surface area contributed by atoms with E-state index in [-0.39, 0.29) is 25.4 Å². The summed E-state index contributed by atoms with van der Waals surface area (Å²) >= 11 is 3.31. The zero-order chi connectivity index (χ0) is 24.8. The molecule has 10 nitrogen and oxygen atoms in total. The van der Waals surface area contributed by atoms with Crippen molar-refractivity contribution >= 4 is 37.8 Å². The van der Waals surface area contributed by atoms with Gasteiger partial charge in [0.2, 0.25) is 15.9 Å². The Labute approximate surface area is 202 Å². The van der Waals surface area contributed by atoms with Crippen molar-refractivity contribution < 1.29 is 37.7 Å². The molecule has 0 aromatic heterocycles. The maximum Gasteiger partial charge on any atom is 0.310 e. The number of benzene rings is 1. The number of ether oxygens (including phenoxy) is 2. The minimum absolute atomic E-state index is 0.0620. The first-order chi connectivity index (χ1) is 15.4. The van der Waals surface area contributed by atoms with Crippen LogP contribution in [0.5, 0.6) is 0 Å². The third-order valence-corrected chi connectivity index (χ3v) is 6.90. The lowest BCUT2D eigenvalue weighted by Crippen LogP contribution is -2.47. The molecule has 1 amide bonds. The number of aliphatic hydroxyl groups excluding tert-OH is 2. The number of esters is 1. The normalized spacial score (nSPS) is 24.0. The molecule has 0 spiro atoms. The van der Waals surface area contributed by atoms with E-state index in [9.17, 15) is 28.2 Å². The standard InChI is InChI=1S/C21H31BrN2O8S/c1-12(2)9-15(23)21(28)24-33(29,30)11-17-20(27)19(26)16(32-17)7-8-31-18(25)10-13-3-5-14(22)6-4-13/h3-6,12,15-17,19-20,26-27H,7-11,23H2,1-2H3,(H,24,28). The Morgan fingerprint density at radius 2 is 1.79 bits per heavy atom. The lowest BCUT2D eigenvalue weighted by Gasteiger charge is -2.17. The smallest absolute Gasteiger partial charge is 0.310 e. The van der Waals surface area contributed by atoms with Crippen LogP contribution in [-0.2, 0) is 35.5 Å². The molecule has 1 saturated heterocycles. The van der Waals surface area contributed by atoms with Crippen LogP contribution in [0.25, 0.3) is 0 Å². The van der Waals surface area contributed by atoms with Gasteiger partial charge in [-0.1, -0.05) is 41.9 Å². The summed E-state index contributed by atoms with van der Waals surface area (Å²) in [6, 6.07) is 6.19. The van der Waals surface area contributed by atoms with Gasteiger partial charge >= 0.3 is 5.97 Å². The van der Waals surface area contributed by atoms with E-state index in [1.54, 1.807) is 24.3 Å². The second-order valence-corrected chi connectivity index (χ2v) is 11.2. The van der Waals surface area contributed by atoms with Crippen LogP contribution in [0.3, 0.4) is 0 Å². The van der Waals surface area contributed by atoms with Crippen LogP contribution in [0.15, 0.2) is 28.7 Å². The highest BCUT2D eigenvalue weighted by Crippen LogP contribution is 2.25. The number of halogens is 1. The molecule has 1 aliphatic heterocycles. The van der Waals surface area contributed by atoms with Crippen LogP contribution in [0, 0.1) is 5.92 Å². The van der Waals surface area contributed by atoms with E-state index in [0.29, 0.717) is 6.42 Å². The Morgan fingerprint density at radius 1 is 1.18 bits per heavy atom. The predicted molar refractivity (Wildman–Crippen MR) is 123 cm³/mol. The van der Waals surface area contributed by atoms with Gasteiger partial charge in [-0.25, -0.2) is 8.42 Å². The molecule has 1 aromatic rings. The Kier molecular flexibility index (Phi) is 10.3. The maximum atomic E-state index is 12.3. The summed E-state index contributed by atoms with van der Waals surface area (Å²) in [6.45, 7) is 3.62. The van der Waals surface area contributed by atoms with Crippen LogP contribution >= 0.6 is 15.9 Å². The van der Waals surface area contributed by atoms with Crippen molar-refractivity contribution in [1.82, 2.24) is 4.72 Å². The van der Waals surface area contributed by atoms with Crippen molar-refractivity contribution in [3.05, 3.63) is 34.3 Å². The average Bonchev–Trinajstić information content (AvgIpc) is 2.96. The topological polar surface area (TPSA) is 165 Å². The minimum Gasteiger partial charge on any atom is -0.465 e. The molecule has 1 fully saturated rings. The monoisotopic (exact) mass is 550 g/mol. The highest BCUT2D eigenvalue weighted by Gasteiger charge is 2.44. The van der Waals surface area contributed by atoms with Gasteiger partial charge in [0.15, 0.2) is 0 Å². The second kappa shape index (κ2) is 12.2. The van der Waals surface area contributed by atoms with Gasteiger partial charge in [-0.15, -0.1) is 0 Å². The summed E-state index contributed by atoms with van der Waals surface area (Å²) < 4.78 is 38.0. The van der Waals surface area contributed by atoms with Crippen molar-refractivity contribution in [2.75, 3.05) is 12.4 Å². The van der Waals surface area contributed by atoms with E-state index in [0.717, 1.165) is 10.0 Å². The summed E-state index contributed by atoms with van der Waals surface area (Å²) in [6.07, 6.45) is -4.59. The Morgan fingerprint density at radius 3 is 2.39 bits per heavy atom. The fourth-order valence-corrected chi connectivity index (χ4v) is 4.93. The molecule has 186 valence electrons. The summed E-state index contributed by atoms with van der Waals surface area (Å²) in [5.41, 5.74) is 6.47. The summed E-state index contributed by atoms with van der Waals surface area (Å²) in [5, 5.41) is 20.4. The van der Waals surface area contributed by atoms with Crippen molar-refractivity contribution in [2.24, 2.45) is 11.7 Å². The van der Waals surface area contributed by atoms with Crippen molar-refractivity contribution in [1.29, 1.82) is 0 Å². The number of carbonyl (C=O) groups excluding carboxylic acids is 2. The molecule has 1 aliphatic rings. The first-order valence-corrected chi connectivity index (χ1v) is 13.0.